The molecule has 0 unspecified atom stereocenters. The van der Waals surface area contributed by atoms with Gasteiger partial charge in [0.05, 0.1) is 0 Å². The van der Waals surface area contributed by atoms with Gasteiger partial charge in [-0.3, -0.25) is 0 Å². The number of hydrogen-bond acceptors (Lipinski definition) is 2. The maximum absolute atomic E-state index is 5.85. The van der Waals surface area contributed by atoms with Crippen molar-refractivity contribution in [3.63, 3.8) is 0 Å². The van der Waals surface area contributed by atoms with Crippen LogP contribution < -0.4 is 11.1 Å². The molecule has 2 aliphatic carbocycles. The Kier molecular flexibility index (Phi) is 4.37. The third-order valence-electron chi connectivity index (χ3n) is 4.66. The highest BCUT2D eigenvalue weighted by Crippen LogP contribution is 2.30. The van der Waals surface area contributed by atoms with Crippen LogP contribution in [0.25, 0.3) is 0 Å². The molecule has 0 saturated heterocycles. The fourth-order valence-corrected chi connectivity index (χ4v) is 3.45. The van der Waals surface area contributed by atoms with Gasteiger partial charge in [-0.1, -0.05) is 48.5 Å². The molecule has 2 nitrogen and oxygen atoms in total. The first kappa shape index (κ1) is 14.3. The Morgan fingerprint density at radius 3 is 2.10 bits per heavy atom. The van der Waals surface area contributed by atoms with Gasteiger partial charge in [0.1, 0.15) is 0 Å². The lowest BCUT2D eigenvalue weighted by atomic mass is 10.1. The molecule has 110 valence electrons. The number of fused-ring (bicyclic) bond motifs is 2. The molecule has 0 bridgehead atoms. The van der Waals surface area contributed by atoms with E-state index in [9.17, 15) is 0 Å². The molecule has 3 N–H and O–H groups in total. The second-order valence-electron chi connectivity index (χ2n) is 5.92. The Balaban J connectivity index is 0.000000126. The van der Waals surface area contributed by atoms with Crippen LogP contribution in [0.3, 0.4) is 0 Å². The van der Waals surface area contributed by atoms with Gasteiger partial charge in [0.2, 0.25) is 0 Å². The van der Waals surface area contributed by atoms with Crippen LogP contribution in [0.1, 0.15) is 47.2 Å². The van der Waals surface area contributed by atoms with Gasteiger partial charge in [-0.25, -0.2) is 0 Å². The second-order valence-corrected chi connectivity index (χ2v) is 5.92. The number of nitrogens with one attached hydrogen (secondary N) is 1. The summed E-state index contributed by atoms with van der Waals surface area (Å²) in [5.41, 5.74) is 11.7. The molecule has 0 fully saturated rings. The molecule has 0 amide bonds. The fraction of sp³-hybridized carbons (Fsp3) is 0.368. The maximum Gasteiger partial charge on any atom is 0.0323 e. The van der Waals surface area contributed by atoms with Crippen LogP contribution in [0.5, 0.6) is 0 Å². The summed E-state index contributed by atoms with van der Waals surface area (Å²) in [6, 6.07) is 18.0. The molecule has 2 aromatic carbocycles. The van der Waals surface area contributed by atoms with Crippen molar-refractivity contribution < 1.29 is 0 Å². The van der Waals surface area contributed by atoms with Gasteiger partial charge in [-0.05, 0) is 55.0 Å². The van der Waals surface area contributed by atoms with E-state index in [2.05, 4.69) is 53.8 Å². The van der Waals surface area contributed by atoms with Gasteiger partial charge in [-0.2, -0.15) is 0 Å². The predicted molar refractivity (Wildman–Crippen MR) is 88.3 cm³/mol. The lowest BCUT2D eigenvalue weighted by Crippen LogP contribution is -2.12. The van der Waals surface area contributed by atoms with Crippen molar-refractivity contribution >= 4 is 0 Å². The zero-order valence-corrected chi connectivity index (χ0v) is 12.7. The number of nitrogens with two attached hydrogens (primary N) is 1. The highest BCUT2D eigenvalue weighted by atomic mass is 14.9. The Labute approximate surface area is 127 Å². The van der Waals surface area contributed by atoms with Crippen LogP contribution in [0.15, 0.2) is 48.5 Å². The number of rotatable bonds is 1. The van der Waals surface area contributed by atoms with E-state index in [0.29, 0.717) is 12.1 Å². The lowest BCUT2D eigenvalue weighted by Gasteiger charge is -2.08. The second kappa shape index (κ2) is 6.42. The monoisotopic (exact) mass is 280 g/mol. The molecular weight excluding hydrogens is 256 g/mol. The first-order valence-electron chi connectivity index (χ1n) is 7.88. The van der Waals surface area contributed by atoms with E-state index in [4.69, 9.17) is 5.73 Å². The summed E-state index contributed by atoms with van der Waals surface area (Å²) in [5, 5.41) is 3.32. The molecule has 0 radical (unpaired) electrons. The van der Waals surface area contributed by atoms with Gasteiger partial charge in [0, 0.05) is 12.1 Å². The Hall–Kier alpha value is -1.64. The van der Waals surface area contributed by atoms with Crippen molar-refractivity contribution in [1.82, 2.24) is 5.32 Å². The molecule has 0 aliphatic heterocycles. The molecule has 0 aromatic heterocycles. The van der Waals surface area contributed by atoms with Gasteiger partial charge in [-0.15, -0.1) is 0 Å². The average Bonchev–Trinajstić information content (AvgIpc) is 3.12. The van der Waals surface area contributed by atoms with Crippen LogP contribution in [0.4, 0.5) is 0 Å². The molecule has 2 aromatic rings. The number of benzene rings is 2. The SMILES string of the molecule is CN[C@H]1CCc2ccccc21.N[C@H]1CCc2ccccc21. The van der Waals surface area contributed by atoms with Crippen molar-refractivity contribution in [3.8, 4) is 0 Å². The van der Waals surface area contributed by atoms with Gasteiger partial charge in [0.25, 0.3) is 0 Å². The van der Waals surface area contributed by atoms with Gasteiger partial charge >= 0.3 is 0 Å². The summed E-state index contributed by atoms with van der Waals surface area (Å²) in [4.78, 5) is 0. The van der Waals surface area contributed by atoms with E-state index < -0.39 is 0 Å². The molecule has 2 heteroatoms. The Morgan fingerprint density at radius 1 is 0.857 bits per heavy atom. The van der Waals surface area contributed by atoms with Crippen molar-refractivity contribution in [3.05, 3.63) is 70.8 Å². The largest absolute Gasteiger partial charge is 0.324 e. The van der Waals surface area contributed by atoms with Crippen LogP contribution >= 0.6 is 0 Å². The summed E-state index contributed by atoms with van der Waals surface area (Å²) in [5.74, 6) is 0. The molecule has 2 atom stereocenters. The van der Waals surface area contributed by atoms with Gasteiger partial charge in [0.15, 0.2) is 0 Å². The van der Waals surface area contributed by atoms with E-state index in [1.807, 2.05) is 7.05 Å². The first-order valence-corrected chi connectivity index (χ1v) is 7.88. The molecule has 0 spiro atoms. The predicted octanol–water partition coefficient (Wildman–Crippen LogP) is 3.53. The minimum Gasteiger partial charge on any atom is -0.324 e. The first-order chi connectivity index (χ1) is 10.3. The average molecular weight is 280 g/mol. The van der Waals surface area contributed by atoms with Crippen molar-refractivity contribution in [2.45, 2.75) is 37.8 Å². The Bertz CT molecular complexity index is 606. The van der Waals surface area contributed by atoms with Gasteiger partial charge < -0.3 is 11.1 Å². The van der Waals surface area contributed by atoms with Crippen molar-refractivity contribution in [1.29, 1.82) is 0 Å². The summed E-state index contributed by atoms with van der Waals surface area (Å²) in [6.45, 7) is 0. The summed E-state index contributed by atoms with van der Waals surface area (Å²) >= 11 is 0. The highest BCUT2D eigenvalue weighted by Gasteiger charge is 2.19. The fourth-order valence-electron chi connectivity index (χ4n) is 3.45. The van der Waals surface area contributed by atoms with E-state index in [0.717, 1.165) is 12.8 Å². The van der Waals surface area contributed by atoms with Crippen LogP contribution in [0, 0.1) is 0 Å². The van der Waals surface area contributed by atoms with Crippen LogP contribution in [-0.2, 0) is 12.8 Å². The summed E-state index contributed by atoms with van der Waals surface area (Å²) < 4.78 is 0. The number of aryl methyl sites for hydroxylation is 2. The third kappa shape index (κ3) is 3.02. The molecule has 0 saturated carbocycles. The maximum atomic E-state index is 5.85. The quantitative estimate of drug-likeness (QED) is 0.838. The standard InChI is InChI=1S/C10H13N.C9H11N/c1-11-10-7-6-8-4-2-3-5-9(8)10;10-9-6-5-7-3-1-2-4-8(7)9/h2-5,10-11H,6-7H2,1H3;1-4,9H,5-6,10H2/t10-;9-/m00/s1. The molecule has 21 heavy (non-hydrogen) atoms. The van der Waals surface area contributed by atoms with E-state index in [1.54, 1.807) is 0 Å². The van der Waals surface area contributed by atoms with Crippen molar-refractivity contribution in [2.24, 2.45) is 5.73 Å². The molecule has 0 heterocycles. The third-order valence-corrected chi connectivity index (χ3v) is 4.66. The zero-order chi connectivity index (χ0) is 14.7. The Morgan fingerprint density at radius 2 is 1.43 bits per heavy atom. The molecule has 2 aliphatic rings. The van der Waals surface area contributed by atoms with E-state index in [1.165, 1.54) is 35.1 Å². The molecular formula is C19H24N2. The minimum absolute atomic E-state index is 0.302. The lowest BCUT2D eigenvalue weighted by molar-refractivity contribution is 0.590. The van der Waals surface area contributed by atoms with E-state index in [-0.39, 0.29) is 0 Å². The summed E-state index contributed by atoms with van der Waals surface area (Å²) in [7, 11) is 2.03. The topological polar surface area (TPSA) is 38.0 Å². The zero-order valence-electron chi connectivity index (χ0n) is 12.7. The van der Waals surface area contributed by atoms with E-state index >= 15 is 0 Å². The molecule has 4 rings (SSSR count). The minimum atomic E-state index is 0.302. The number of hydrogen-bond donors (Lipinski definition) is 2. The summed E-state index contributed by atoms with van der Waals surface area (Å²) in [6.07, 6.45) is 4.79. The van der Waals surface area contributed by atoms with Crippen LogP contribution in [-0.4, -0.2) is 7.05 Å². The van der Waals surface area contributed by atoms with Crippen molar-refractivity contribution in [2.75, 3.05) is 7.05 Å². The van der Waals surface area contributed by atoms with Crippen LogP contribution in [0.2, 0.25) is 0 Å². The smallest absolute Gasteiger partial charge is 0.0323 e. The highest BCUT2D eigenvalue weighted by molar-refractivity contribution is 5.34. The normalized spacial score (nSPS) is 22.2.